The van der Waals surface area contributed by atoms with Crippen LogP contribution in [0.5, 0.6) is 0 Å². The molecule has 0 radical (unpaired) electrons. The lowest BCUT2D eigenvalue weighted by atomic mass is 10.1. The largest absolute Gasteiger partial charge is 0.365 e. The first-order valence-electron chi connectivity index (χ1n) is 5.58. The van der Waals surface area contributed by atoms with Gasteiger partial charge in [0.1, 0.15) is 5.82 Å². The summed E-state index contributed by atoms with van der Waals surface area (Å²) < 4.78 is 0. The molecule has 2 rings (SSSR count). The van der Waals surface area contributed by atoms with Gasteiger partial charge >= 0.3 is 0 Å². The summed E-state index contributed by atoms with van der Waals surface area (Å²) in [6.07, 6.45) is 0. The second-order valence-corrected chi connectivity index (χ2v) is 4.01. The van der Waals surface area contributed by atoms with Gasteiger partial charge in [-0.3, -0.25) is 4.79 Å². The molecule has 0 unspecified atom stereocenters. The van der Waals surface area contributed by atoms with Gasteiger partial charge in [0, 0.05) is 6.54 Å². The number of amides is 1. The Bertz CT molecular complexity index is 534. The number of nitrogens with zero attached hydrogens (tertiary/aromatic N) is 2. The summed E-state index contributed by atoms with van der Waals surface area (Å²) in [6, 6.07) is 11.4. The summed E-state index contributed by atoms with van der Waals surface area (Å²) in [5, 5.41) is 10.7. The molecular formula is C13H14N4O. The molecular weight excluding hydrogens is 228 g/mol. The number of carbonyl (C=O) groups is 1. The first-order chi connectivity index (χ1) is 8.65. The lowest BCUT2D eigenvalue weighted by Crippen LogP contribution is -2.14. The summed E-state index contributed by atoms with van der Waals surface area (Å²) in [6.45, 7) is 2.70. The number of nitrogens with one attached hydrogen (secondary N) is 1. The van der Waals surface area contributed by atoms with Crippen LogP contribution in [0.15, 0.2) is 36.4 Å². The van der Waals surface area contributed by atoms with E-state index in [2.05, 4.69) is 27.6 Å². The first-order valence-corrected chi connectivity index (χ1v) is 5.58. The molecule has 0 saturated carbocycles. The smallest absolute Gasteiger partial charge is 0.269 e. The van der Waals surface area contributed by atoms with Gasteiger partial charge in [0.25, 0.3) is 5.91 Å². The highest BCUT2D eigenvalue weighted by atomic mass is 16.1. The lowest BCUT2D eigenvalue weighted by molar-refractivity contribution is 0.0994. The minimum absolute atomic E-state index is 0.163. The van der Waals surface area contributed by atoms with Crippen LogP contribution in [0.3, 0.4) is 0 Å². The van der Waals surface area contributed by atoms with Gasteiger partial charge in [-0.05, 0) is 24.6 Å². The van der Waals surface area contributed by atoms with Crippen molar-refractivity contribution in [3.05, 3.63) is 53.2 Å². The highest BCUT2D eigenvalue weighted by Crippen LogP contribution is 2.07. The quantitative estimate of drug-likeness (QED) is 0.851. The first kappa shape index (κ1) is 12.0. The highest BCUT2D eigenvalue weighted by molar-refractivity contribution is 5.90. The van der Waals surface area contributed by atoms with Crippen LogP contribution < -0.4 is 11.1 Å². The van der Waals surface area contributed by atoms with Crippen molar-refractivity contribution < 1.29 is 4.79 Å². The van der Waals surface area contributed by atoms with Gasteiger partial charge < -0.3 is 11.1 Å². The van der Waals surface area contributed by atoms with Crippen LogP contribution in [0.2, 0.25) is 0 Å². The Morgan fingerprint density at radius 3 is 2.44 bits per heavy atom. The van der Waals surface area contributed by atoms with Crippen molar-refractivity contribution in [1.29, 1.82) is 0 Å². The van der Waals surface area contributed by atoms with E-state index in [9.17, 15) is 4.79 Å². The van der Waals surface area contributed by atoms with Gasteiger partial charge in [-0.2, -0.15) is 0 Å². The topological polar surface area (TPSA) is 80.9 Å². The normalized spacial score (nSPS) is 10.1. The Labute approximate surface area is 105 Å². The predicted molar refractivity (Wildman–Crippen MR) is 69.1 cm³/mol. The molecule has 0 aliphatic heterocycles. The van der Waals surface area contributed by atoms with Gasteiger partial charge in [-0.15, -0.1) is 10.2 Å². The van der Waals surface area contributed by atoms with Crippen molar-refractivity contribution in [1.82, 2.24) is 10.2 Å². The van der Waals surface area contributed by atoms with Crippen molar-refractivity contribution in [2.75, 3.05) is 5.32 Å². The van der Waals surface area contributed by atoms with Gasteiger partial charge in [0.05, 0.1) is 0 Å². The van der Waals surface area contributed by atoms with E-state index >= 15 is 0 Å². The minimum atomic E-state index is -0.576. The third kappa shape index (κ3) is 3.04. The SMILES string of the molecule is Cc1ccc(CNc2ccc(C(N)=O)nn2)cc1. The zero-order valence-corrected chi connectivity index (χ0v) is 10.1. The van der Waals surface area contributed by atoms with E-state index in [1.807, 2.05) is 19.1 Å². The number of benzene rings is 1. The fourth-order valence-electron chi connectivity index (χ4n) is 1.46. The van der Waals surface area contributed by atoms with Crippen LogP contribution in [0.4, 0.5) is 5.82 Å². The Balaban J connectivity index is 1.97. The van der Waals surface area contributed by atoms with E-state index in [0.29, 0.717) is 12.4 Å². The van der Waals surface area contributed by atoms with E-state index in [1.54, 1.807) is 12.1 Å². The molecule has 0 saturated heterocycles. The van der Waals surface area contributed by atoms with Gasteiger partial charge in [0.2, 0.25) is 0 Å². The van der Waals surface area contributed by atoms with E-state index in [-0.39, 0.29) is 5.69 Å². The summed E-state index contributed by atoms with van der Waals surface area (Å²) >= 11 is 0. The average molecular weight is 242 g/mol. The van der Waals surface area contributed by atoms with Gasteiger partial charge in [0.15, 0.2) is 5.69 Å². The molecule has 18 heavy (non-hydrogen) atoms. The molecule has 1 aromatic heterocycles. The highest BCUT2D eigenvalue weighted by Gasteiger charge is 2.02. The third-order valence-electron chi connectivity index (χ3n) is 2.51. The monoisotopic (exact) mass is 242 g/mol. The van der Waals surface area contributed by atoms with Crippen LogP contribution in [-0.4, -0.2) is 16.1 Å². The number of hydrogen-bond donors (Lipinski definition) is 2. The van der Waals surface area contributed by atoms with Crippen LogP contribution >= 0.6 is 0 Å². The maximum absolute atomic E-state index is 10.8. The summed E-state index contributed by atoms with van der Waals surface area (Å²) in [4.78, 5) is 10.8. The fraction of sp³-hybridized carbons (Fsp3) is 0.154. The van der Waals surface area contributed by atoms with Crippen molar-refractivity contribution >= 4 is 11.7 Å². The number of nitrogens with two attached hydrogens (primary N) is 1. The maximum atomic E-state index is 10.8. The molecule has 0 spiro atoms. The Hall–Kier alpha value is -2.43. The number of hydrogen-bond acceptors (Lipinski definition) is 4. The average Bonchev–Trinajstić information content (AvgIpc) is 2.38. The number of rotatable bonds is 4. The maximum Gasteiger partial charge on any atom is 0.269 e. The summed E-state index contributed by atoms with van der Waals surface area (Å²) in [5.41, 5.74) is 7.62. The van der Waals surface area contributed by atoms with Gasteiger partial charge in [-0.25, -0.2) is 0 Å². The predicted octanol–water partition coefficient (Wildman–Crippen LogP) is 1.50. The molecule has 0 aliphatic rings. The molecule has 1 aromatic carbocycles. The molecule has 92 valence electrons. The Morgan fingerprint density at radius 2 is 1.89 bits per heavy atom. The number of aromatic nitrogens is 2. The van der Waals surface area contributed by atoms with E-state index in [0.717, 1.165) is 5.56 Å². The van der Waals surface area contributed by atoms with Crippen LogP contribution in [0, 0.1) is 6.92 Å². The Kier molecular flexibility index (Phi) is 3.52. The molecule has 0 fully saturated rings. The minimum Gasteiger partial charge on any atom is -0.365 e. The third-order valence-corrected chi connectivity index (χ3v) is 2.51. The number of anilines is 1. The molecule has 0 aliphatic carbocycles. The zero-order valence-electron chi connectivity index (χ0n) is 10.1. The zero-order chi connectivity index (χ0) is 13.0. The fourth-order valence-corrected chi connectivity index (χ4v) is 1.46. The van der Waals surface area contributed by atoms with E-state index in [1.165, 1.54) is 5.56 Å². The van der Waals surface area contributed by atoms with Crippen molar-refractivity contribution in [3.63, 3.8) is 0 Å². The molecule has 3 N–H and O–H groups in total. The molecule has 0 bridgehead atoms. The molecule has 5 nitrogen and oxygen atoms in total. The number of primary amides is 1. The second kappa shape index (κ2) is 5.27. The second-order valence-electron chi connectivity index (χ2n) is 4.01. The summed E-state index contributed by atoms with van der Waals surface area (Å²) in [7, 11) is 0. The van der Waals surface area contributed by atoms with Crippen LogP contribution in [0.25, 0.3) is 0 Å². The molecule has 2 aromatic rings. The molecule has 0 atom stereocenters. The van der Waals surface area contributed by atoms with Gasteiger partial charge in [-0.1, -0.05) is 29.8 Å². The van der Waals surface area contributed by atoms with Crippen molar-refractivity contribution in [2.24, 2.45) is 5.73 Å². The van der Waals surface area contributed by atoms with Crippen molar-refractivity contribution in [2.45, 2.75) is 13.5 Å². The lowest BCUT2D eigenvalue weighted by Gasteiger charge is -2.05. The molecule has 5 heteroatoms. The number of aryl methyl sites for hydroxylation is 1. The Morgan fingerprint density at radius 1 is 1.17 bits per heavy atom. The molecule has 1 heterocycles. The molecule has 1 amide bonds. The van der Waals surface area contributed by atoms with Crippen LogP contribution in [0.1, 0.15) is 21.6 Å². The van der Waals surface area contributed by atoms with E-state index < -0.39 is 5.91 Å². The number of carbonyl (C=O) groups excluding carboxylic acids is 1. The summed E-state index contributed by atoms with van der Waals surface area (Å²) in [5.74, 6) is 0.0353. The standard InChI is InChI=1S/C13H14N4O/c1-9-2-4-10(5-3-9)8-15-12-7-6-11(13(14)18)16-17-12/h2-7H,8H2,1H3,(H2,14,18)(H,15,17). The van der Waals surface area contributed by atoms with E-state index in [4.69, 9.17) is 5.73 Å². The van der Waals surface area contributed by atoms with Crippen LogP contribution in [-0.2, 0) is 6.54 Å². The van der Waals surface area contributed by atoms with Crippen molar-refractivity contribution in [3.8, 4) is 0 Å².